The maximum atomic E-state index is 12.4. The number of nitrogens with one attached hydrogen (secondary N) is 1. The van der Waals surface area contributed by atoms with Gasteiger partial charge in [-0.3, -0.25) is 10.1 Å². The third-order valence-corrected chi connectivity index (χ3v) is 3.24. The minimum absolute atomic E-state index is 0.138. The Hall–Kier alpha value is -2.14. The summed E-state index contributed by atoms with van der Waals surface area (Å²) in [4.78, 5) is 20.4. The average Bonchev–Trinajstić information content (AvgIpc) is 2.48. The number of aromatic nitrogens is 2. The van der Waals surface area contributed by atoms with E-state index in [0.29, 0.717) is 12.3 Å². The highest BCUT2D eigenvalue weighted by atomic mass is 35.5. The van der Waals surface area contributed by atoms with Crippen LogP contribution in [0.2, 0.25) is 5.15 Å². The van der Waals surface area contributed by atoms with Gasteiger partial charge in [-0.1, -0.05) is 48.9 Å². The van der Waals surface area contributed by atoms with Gasteiger partial charge in [0, 0.05) is 6.07 Å². The van der Waals surface area contributed by atoms with Crippen molar-refractivity contribution in [3.8, 4) is 5.88 Å². The third-order valence-electron chi connectivity index (χ3n) is 3.04. The van der Waals surface area contributed by atoms with Gasteiger partial charge in [-0.2, -0.15) is 4.98 Å². The molecule has 0 aliphatic rings. The van der Waals surface area contributed by atoms with Gasteiger partial charge in [0.2, 0.25) is 17.7 Å². The van der Waals surface area contributed by atoms with Crippen LogP contribution in [0.25, 0.3) is 0 Å². The quantitative estimate of drug-likeness (QED) is 0.861. The van der Waals surface area contributed by atoms with Gasteiger partial charge in [-0.25, -0.2) is 4.98 Å². The van der Waals surface area contributed by atoms with E-state index in [1.807, 2.05) is 37.3 Å². The molecule has 2 aromatic rings. The zero-order valence-corrected chi connectivity index (χ0v) is 12.6. The molecule has 0 fully saturated rings. The Morgan fingerprint density at radius 2 is 2.05 bits per heavy atom. The molecule has 0 spiro atoms. The summed E-state index contributed by atoms with van der Waals surface area (Å²) in [5, 5.41) is 2.89. The lowest BCUT2D eigenvalue weighted by atomic mass is 9.96. The lowest BCUT2D eigenvalue weighted by Gasteiger charge is -2.14. The van der Waals surface area contributed by atoms with Gasteiger partial charge in [0.15, 0.2) is 0 Å². The normalized spacial score (nSPS) is 11.8. The molecule has 0 radical (unpaired) electrons. The van der Waals surface area contributed by atoms with E-state index in [-0.39, 0.29) is 22.9 Å². The molecule has 0 saturated carbocycles. The molecule has 0 aliphatic heterocycles. The van der Waals surface area contributed by atoms with E-state index in [2.05, 4.69) is 15.3 Å². The van der Waals surface area contributed by atoms with E-state index in [9.17, 15) is 4.79 Å². The molecule has 1 heterocycles. The second-order valence-corrected chi connectivity index (χ2v) is 4.80. The van der Waals surface area contributed by atoms with Gasteiger partial charge >= 0.3 is 0 Å². The zero-order valence-electron chi connectivity index (χ0n) is 11.8. The predicted octanol–water partition coefficient (Wildman–Crippen LogP) is 3.27. The molecule has 1 N–H and O–H groups in total. The maximum Gasteiger partial charge on any atom is 0.234 e. The number of hydrogen-bond donors (Lipinski definition) is 1. The number of carbonyl (C=O) groups is 1. The molecule has 1 atom stereocenters. The molecule has 1 unspecified atom stereocenters. The molecule has 2 rings (SSSR count). The van der Waals surface area contributed by atoms with E-state index < -0.39 is 0 Å². The Morgan fingerprint density at radius 3 is 2.67 bits per heavy atom. The Bertz CT molecular complexity index is 620. The standard InChI is InChI=1S/C15H16ClN3O2/c1-3-11(10-7-5-4-6-8-10)14(20)19-15-17-12(16)9-13(18-15)21-2/h4-9,11H,3H2,1-2H3,(H,17,18,19,20). The number of methoxy groups -OCH3 is 1. The number of carbonyl (C=O) groups excluding carboxylic acids is 1. The molecule has 0 bridgehead atoms. The minimum Gasteiger partial charge on any atom is -0.481 e. The van der Waals surface area contributed by atoms with Crippen LogP contribution in [0.1, 0.15) is 24.8 Å². The summed E-state index contributed by atoms with van der Waals surface area (Å²) in [6, 6.07) is 11.1. The van der Waals surface area contributed by atoms with Crippen molar-refractivity contribution >= 4 is 23.5 Å². The summed E-state index contributed by atoms with van der Waals surface area (Å²) in [6.45, 7) is 1.96. The molecule has 110 valence electrons. The predicted molar refractivity (Wildman–Crippen MR) is 81.7 cm³/mol. The van der Waals surface area contributed by atoms with Crippen LogP contribution in [0.4, 0.5) is 5.95 Å². The number of halogens is 1. The van der Waals surface area contributed by atoms with Crippen LogP contribution in [0.15, 0.2) is 36.4 Å². The highest BCUT2D eigenvalue weighted by molar-refractivity contribution is 6.29. The zero-order chi connectivity index (χ0) is 15.2. The molecular weight excluding hydrogens is 290 g/mol. The van der Waals surface area contributed by atoms with Crippen molar-refractivity contribution in [2.24, 2.45) is 0 Å². The van der Waals surface area contributed by atoms with Crippen molar-refractivity contribution in [3.63, 3.8) is 0 Å². The SMILES string of the molecule is CCC(C(=O)Nc1nc(Cl)cc(OC)n1)c1ccccc1. The number of nitrogens with zero attached hydrogens (tertiary/aromatic N) is 2. The summed E-state index contributed by atoms with van der Waals surface area (Å²) in [5.74, 6) is 0.00425. The van der Waals surface area contributed by atoms with Crippen molar-refractivity contribution in [2.75, 3.05) is 12.4 Å². The molecular formula is C15H16ClN3O2. The van der Waals surface area contributed by atoms with Crippen molar-refractivity contribution in [2.45, 2.75) is 19.3 Å². The number of benzene rings is 1. The fraction of sp³-hybridized carbons (Fsp3) is 0.267. The minimum atomic E-state index is -0.264. The number of anilines is 1. The lowest BCUT2D eigenvalue weighted by Crippen LogP contribution is -2.22. The van der Waals surface area contributed by atoms with E-state index >= 15 is 0 Å². The number of hydrogen-bond acceptors (Lipinski definition) is 4. The van der Waals surface area contributed by atoms with Gasteiger partial charge in [0.25, 0.3) is 0 Å². The van der Waals surface area contributed by atoms with Crippen LogP contribution in [0.3, 0.4) is 0 Å². The summed E-state index contributed by atoms with van der Waals surface area (Å²) in [6.07, 6.45) is 0.674. The average molecular weight is 306 g/mol. The molecule has 1 aromatic heterocycles. The second-order valence-electron chi connectivity index (χ2n) is 4.42. The van der Waals surface area contributed by atoms with Crippen molar-refractivity contribution < 1.29 is 9.53 Å². The topological polar surface area (TPSA) is 64.1 Å². The highest BCUT2D eigenvalue weighted by Crippen LogP contribution is 2.22. The molecule has 0 aliphatic carbocycles. The lowest BCUT2D eigenvalue weighted by molar-refractivity contribution is -0.117. The first-order valence-corrected chi connectivity index (χ1v) is 6.96. The van der Waals surface area contributed by atoms with Crippen LogP contribution in [0, 0.1) is 0 Å². The molecule has 6 heteroatoms. The van der Waals surface area contributed by atoms with E-state index in [0.717, 1.165) is 5.56 Å². The Kier molecular flexibility index (Phi) is 5.11. The number of ether oxygens (including phenoxy) is 1. The van der Waals surface area contributed by atoms with Crippen LogP contribution >= 0.6 is 11.6 Å². The first-order valence-electron chi connectivity index (χ1n) is 6.58. The first kappa shape index (κ1) is 15.3. The van der Waals surface area contributed by atoms with Crippen molar-refractivity contribution in [3.05, 3.63) is 47.1 Å². The van der Waals surface area contributed by atoms with Crippen LogP contribution < -0.4 is 10.1 Å². The third kappa shape index (κ3) is 3.92. The summed E-state index contributed by atoms with van der Waals surface area (Å²) >= 11 is 5.86. The largest absolute Gasteiger partial charge is 0.481 e. The second kappa shape index (κ2) is 7.04. The van der Waals surface area contributed by atoms with Gasteiger partial charge < -0.3 is 4.74 Å². The maximum absolute atomic E-state index is 12.4. The Balaban J connectivity index is 2.18. The highest BCUT2D eigenvalue weighted by Gasteiger charge is 2.19. The van der Waals surface area contributed by atoms with Gasteiger partial charge in [0.05, 0.1) is 13.0 Å². The Labute approximate surface area is 128 Å². The summed E-state index contributed by atoms with van der Waals surface area (Å²) in [7, 11) is 1.48. The summed E-state index contributed by atoms with van der Waals surface area (Å²) in [5.41, 5.74) is 0.950. The smallest absolute Gasteiger partial charge is 0.234 e. The van der Waals surface area contributed by atoms with Crippen molar-refractivity contribution in [1.29, 1.82) is 0 Å². The molecule has 0 saturated heterocycles. The monoisotopic (exact) mass is 305 g/mol. The van der Waals surface area contributed by atoms with Crippen molar-refractivity contribution in [1.82, 2.24) is 9.97 Å². The molecule has 21 heavy (non-hydrogen) atoms. The van der Waals surface area contributed by atoms with Gasteiger partial charge in [0.1, 0.15) is 5.15 Å². The van der Waals surface area contributed by atoms with Crippen LogP contribution in [-0.2, 0) is 4.79 Å². The van der Waals surface area contributed by atoms with E-state index in [1.165, 1.54) is 13.2 Å². The fourth-order valence-corrected chi connectivity index (χ4v) is 2.19. The van der Waals surface area contributed by atoms with Gasteiger partial charge in [-0.05, 0) is 12.0 Å². The van der Waals surface area contributed by atoms with E-state index in [1.54, 1.807) is 0 Å². The molecule has 1 amide bonds. The molecule has 5 nitrogen and oxygen atoms in total. The summed E-state index contributed by atoms with van der Waals surface area (Å²) < 4.78 is 5.00. The first-order chi connectivity index (χ1) is 10.1. The fourth-order valence-electron chi connectivity index (χ4n) is 2.01. The number of rotatable bonds is 5. The van der Waals surface area contributed by atoms with Crippen LogP contribution in [-0.4, -0.2) is 23.0 Å². The van der Waals surface area contributed by atoms with E-state index in [4.69, 9.17) is 16.3 Å². The van der Waals surface area contributed by atoms with Crippen LogP contribution in [0.5, 0.6) is 5.88 Å². The Morgan fingerprint density at radius 1 is 1.33 bits per heavy atom. The number of amides is 1. The van der Waals surface area contributed by atoms with Gasteiger partial charge in [-0.15, -0.1) is 0 Å². The molecule has 1 aromatic carbocycles.